The third kappa shape index (κ3) is 2.55. The summed E-state index contributed by atoms with van der Waals surface area (Å²) in [6.07, 6.45) is 0.417. The van der Waals surface area contributed by atoms with Crippen molar-refractivity contribution < 1.29 is 14.6 Å². The zero-order valence-corrected chi connectivity index (χ0v) is 10.7. The summed E-state index contributed by atoms with van der Waals surface area (Å²) in [6, 6.07) is 3.92. The Morgan fingerprint density at radius 1 is 1.00 bits per heavy atom. The predicted octanol–water partition coefficient (Wildman–Crippen LogP) is 3.02. The van der Waals surface area contributed by atoms with Gasteiger partial charge in [0.05, 0.1) is 19.3 Å². The van der Waals surface area contributed by atoms with E-state index in [0.717, 1.165) is 29.0 Å². The highest BCUT2D eigenvalue weighted by Crippen LogP contribution is 2.37. The average Bonchev–Trinajstić information content (AvgIpc) is 2.51. The van der Waals surface area contributed by atoms with Crippen molar-refractivity contribution in [1.29, 1.82) is 0 Å². The molecule has 0 aromatic heterocycles. The normalized spacial score (nSPS) is 16.8. The van der Waals surface area contributed by atoms with E-state index in [4.69, 9.17) is 9.47 Å². The Morgan fingerprint density at radius 3 is 2.00 bits per heavy atom. The largest absolute Gasteiger partial charge is 0.490 e. The van der Waals surface area contributed by atoms with Crippen LogP contribution in [0.5, 0.6) is 11.5 Å². The lowest BCUT2D eigenvalue weighted by atomic mass is 9.94. The molecule has 1 N–H and O–H groups in total. The third-order valence-electron chi connectivity index (χ3n) is 3.03. The molecule has 0 spiro atoms. The van der Waals surface area contributed by atoms with Crippen LogP contribution in [0, 0.1) is 0 Å². The second kappa shape index (κ2) is 4.96. The molecule has 1 aromatic rings. The molecule has 0 saturated heterocycles. The van der Waals surface area contributed by atoms with Crippen LogP contribution in [0.15, 0.2) is 12.1 Å². The molecule has 17 heavy (non-hydrogen) atoms. The third-order valence-corrected chi connectivity index (χ3v) is 3.03. The molecule has 2 rings (SSSR count). The van der Waals surface area contributed by atoms with E-state index in [0.29, 0.717) is 19.1 Å². The van der Waals surface area contributed by atoms with Gasteiger partial charge in [0.1, 0.15) is 0 Å². The van der Waals surface area contributed by atoms with Crippen molar-refractivity contribution in [3.8, 4) is 11.5 Å². The maximum atomic E-state index is 9.83. The van der Waals surface area contributed by atoms with Crippen LogP contribution in [0.3, 0.4) is 0 Å². The summed E-state index contributed by atoms with van der Waals surface area (Å²) in [5.41, 5.74) is 2.06. The summed E-state index contributed by atoms with van der Waals surface area (Å²) in [6.45, 7) is 7.38. The monoisotopic (exact) mass is 236 g/mol. The van der Waals surface area contributed by atoms with Gasteiger partial charge < -0.3 is 14.6 Å². The van der Waals surface area contributed by atoms with Crippen molar-refractivity contribution >= 4 is 0 Å². The minimum Gasteiger partial charge on any atom is -0.490 e. The van der Waals surface area contributed by atoms with Gasteiger partial charge in [-0.05, 0) is 36.1 Å². The molecular formula is C14H20O3. The Balaban J connectivity index is 2.48. The molecule has 1 aliphatic rings. The number of ether oxygens (including phenoxy) is 2. The lowest BCUT2D eigenvalue weighted by molar-refractivity contribution is 0.197. The zero-order valence-electron chi connectivity index (χ0n) is 10.7. The van der Waals surface area contributed by atoms with E-state index in [1.165, 1.54) is 0 Å². The Bertz CT molecular complexity index is 360. The van der Waals surface area contributed by atoms with Gasteiger partial charge in [-0.25, -0.2) is 0 Å². The van der Waals surface area contributed by atoms with Crippen molar-refractivity contribution in [2.75, 3.05) is 13.2 Å². The second-order valence-electron chi connectivity index (χ2n) is 4.81. The van der Waals surface area contributed by atoms with Crippen LogP contribution < -0.4 is 9.47 Å². The molecule has 3 heteroatoms. The molecule has 1 aliphatic heterocycles. The molecule has 0 bridgehead atoms. The van der Waals surface area contributed by atoms with Crippen LogP contribution in [0.2, 0.25) is 0 Å². The van der Waals surface area contributed by atoms with Crippen molar-refractivity contribution in [1.82, 2.24) is 0 Å². The number of hydrogen-bond donors (Lipinski definition) is 1. The highest BCUT2D eigenvalue weighted by atomic mass is 16.5. The first-order chi connectivity index (χ1) is 8.09. The zero-order chi connectivity index (χ0) is 12.4. The van der Waals surface area contributed by atoms with Gasteiger partial charge in [-0.1, -0.05) is 13.8 Å². The lowest BCUT2D eigenvalue weighted by Gasteiger charge is -2.18. The maximum Gasteiger partial charge on any atom is 0.161 e. The standard InChI is InChI=1S/C14H20O3/c1-9(2)11-7-13-14(8-12(11)10(3)15)17-6-4-5-16-13/h7-10,15H,4-6H2,1-3H3. The van der Waals surface area contributed by atoms with Crippen LogP contribution in [-0.4, -0.2) is 18.3 Å². The van der Waals surface area contributed by atoms with Gasteiger partial charge in [0.15, 0.2) is 11.5 Å². The van der Waals surface area contributed by atoms with Gasteiger partial charge in [0.2, 0.25) is 0 Å². The van der Waals surface area contributed by atoms with Gasteiger partial charge in [0, 0.05) is 6.42 Å². The van der Waals surface area contributed by atoms with Gasteiger partial charge in [-0.3, -0.25) is 0 Å². The SMILES string of the molecule is CC(C)c1cc2c(cc1C(C)O)OCCCO2. The summed E-state index contributed by atoms with van der Waals surface area (Å²) < 4.78 is 11.3. The highest BCUT2D eigenvalue weighted by Gasteiger charge is 2.18. The fourth-order valence-electron chi connectivity index (χ4n) is 2.10. The molecule has 0 radical (unpaired) electrons. The molecule has 94 valence electrons. The van der Waals surface area contributed by atoms with Crippen LogP contribution in [-0.2, 0) is 0 Å². The van der Waals surface area contributed by atoms with Crippen molar-refractivity contribution in [3.63, 3.8) is 0 Å². The fraction of sp³-hybridized carbons (Fsp3) is 0.571. The van der Waals surface area contributed by atoms with Crippen LogP contribution >= 0.6 is 0 Å². The minimum atomic E-state index is -0.482. The first kappa shape index (κ1) is 12.2. The molecule has 1 aromatic carbocycles. The van der Waals surface area contributed by atoms with E-state index >= 15 is 0 Å². The van der Waals surface area contributed by atoms with E-state index in [2.05, 4.69) is 13.8 Å². The molecule has 1 atom stereocenters. The topological polar surface area (TPSA) is 38.7 Å². The van der Waals surface area contributed by atoms with E-state index < -0.39 is 6.10 Å². The summed E-state index contributed by atoms with van der Waals surface area (Å²) in [5, 5.41) is 9.83. The van der Waals surface area contributed by atoms with Crippen LogP contribution in [0.25, 0.3) is 0 Å². The quantitative estimate of drug-likeness (QED) is 0.857. The van der Waals surface area contributed by atoms with Gasteiger partial charge in [0.25, 0.3) is 0 Å². The molecule has 0 aliphatic carbocycles. The molecule has 1 heterocycles. The summed E-state index contributed by atoms with van der Waals surface area (Å²) >= 11 is 0. The van der Waals surface area contributed by atoms with Gasteiger partial charge in [-0.15, -0.1) is 0 Å². The fourth-order valence-corrected chi connectivity index (χ4v) is 2.10. The Hall–Kier alpha value is -1.22. The Morgan fingerprint density at radius 2 is 1.53 bits per heavy atom. The average molecular weight is 236 g/mol. The van der Waals surface area contributed by atoms with E-state index in [-0.39, 0.29) is 0 Å². The van der Waals surface area contributed by atoms with E-state index in [1.807, 2.05) is 12.1 Å². The van der Waals surface area contributed by atoms with Crippen molar-refractivity contribution in [2.45, 2.75) is 39.2 Å². The number of hydrogen-bond acceptors (Lipinski definition) is 3. The number of benzene rings is 1. The summed E-state index contributed by atoms with van der Waals surface area (Å²) in [7, 11) is 0. The second-order valence-corrected chi connectivity index (χ2v) is 4.81. The first-order valence-electron chi connectivity index (χ1n) is 6.21. The lowest BCUT2D eigenvalue weighted by Crippen LogP contribution is -2.03. The summed E-state index contributed by atoms with van der Waals surface area (Å²) in [4.78, 5) is 0. The van der Waals surface area contributed by atoms with Gasteiger partial charge >= 0.3 is 0 Å². The molecule has 0 saturated carbocycles. The summed E-state index contributed by atoms with van der Waals surface area (Å²) in [5.74, 6) is 1.91. The number of aliphatic hydroxyl groups is 1. The number of rotatable bonds is 2. The van der Waals surface area contributed by atoms with Crippen LogP contribution in [0.4, 0.5) is 0 Å². The predicted molar refractivity (Wildman–Crippen MR) is 66.8 cm³/mol. The van der Waals surface area contributed by atoms with Crippen molar-refractivity contribution in [3.05, 3.63) is 23.3 Å². The molecule has 1 unspecified atom stereocenters. The van der Waals surface area contributed by atoms with Gasteiger partial charge in [-0.2, -0.15) is 0 Å². The maximum absolute atomic E-state index is 9.83. The minimum absolute atomic E-state index is 0.358. The molecule has 0 amide bonds. The Labute approximate surface area is 102 Å². The molecular weight excluding hydrogens is 216 g/mol. The van der Waals surface area contributed by atoms with E-state index in [9.17, 15) is 5.11 Å². The number of fused-ring (bicyclic) bond motifs is 1. The smallest absolute Gasteiger partial charge is 0.161 e. The Kier molecular flexibility index (Phi) is 3.57. The van der Waals surface area contributed by atoms with Crippen molar-refractivity contribution in [2.24, 2.45) is 0 Å². The molecule has 0 fully saturated rings. The first-order valence-corrected chi connectivity index (χ1v) is 6.21. The van der Waals surface area contributed by atoms with E-state index in [1.54, 1.807) is 6.92 Å². The van der Waals surface area contributed by atoms with Crippen LogP contribution in [0.1, 0.15) is 50.3 Å². The highest BCUT2D eigenvalue weighted by molar-refractivity contribution is 5.49. The molecule has 3 nitrogen and oxygen atoms in total. The number of aliphatic hydroxyl groups excluding tert-OH is 1.